The van der Waals surface area contributed by atoms with Gasteiger partial charge in [0.15, 0.2) is 0 Å². The highest BCUT2D eigenvalue weighted by Gasteiger charge is 2.32. The molecule has 0 fully saturated rings. The molecule has 2 aromatic rings. The molecule has 182 valence electrons. The van der Waals surface area contributed by atoms with Gasteiger partial charge in [0, 0.05) is 9.79 Å². The summed E-state index contributed by atoms with van der Waals surface area (Å²) >= 11 is 0.638. The van der Waals surface area contributed by atoms with Gasteiger partial charge in [0.05, 0.1) is 16.6 Å². The number of hydrogen-bond acceptors (Lipinski definition) is 6. The van der Waals surface area contributed by atoms with Crippen LogP contribution in [-0.4, -0.2) is 62.4 Å². The van der Waals surface area contributed by atoms with Crippen LogP contribution in [0.3, 0.4) is 0 Å². The van der Waals surface area contributed by atoms with Gasteiger partial charge < -0.3 is 20.1 Å². The van der Waals surface area contributed by atoms with Gasteiger partial charge in [-0.25, -0.2) is 0 Å². The molecule has 0 bridgehead atoms. The second-order valence-electron chi connectivity index (χ2n) is 6.81. The SMILES string of the molecule is Cc1ccc(B(O)O)cc1S(=O)CC(F)(F)F.Cc1ccc(B(O)O)cc1SCC(F)(F)F. The minimum absolute atomic E-state index is 0.0149. The lowest BCUT2D eigenvalue weighted by Gasteiger charge is -2.10. The maximum Gasteiger partial charge on any atom is 0.488 e. The van der Waals surface area contributed by atoms with Crippen molar-refractivity contribution < 1.29 is 50.6 Å². The third kappa shape index (κ3) is 11.0. The molecule has 0 spiro atoms. The van der Waals surface area contributed by atoms with E-state index in [1.165, 1.54) is 31.2 Å². The quantitative estimate of drug-likeness (QED) is 0.265. The first-order valence-electron chi connectivity index (χ1n) is 9.08. The lowest BCUT2D eigenvalue weighted by Crippen LogP contribution is -2.30. The van der Waals surface area contributed by atoms with Crippen molar-refractivity contribution in [3.05, 3.63) is 47.5 Å². The monoisotopic (exact) mass is 516 g/mol. The summed E-state index contributed by atoms with van der Waals surface area (Å²) in [4.78, 5) is 0.371. The molecule has 5 nitrogen and oxygen atoms in total. The molecule has 0 aliphatic rings. The van der Waals surface area contributed by atoms with Crippen molar-refractivity contribution in [1.29, 1.82) is 0 Å². The van der Waals surface area contributed by atoms with Crippen LogP contribution in [0.2, 0.25) is 0 Å². The Hall–Kier alpha value is -1.51. The third-order valence-corrected chi connectivity index (χ3v) is 6.69. The van der Waals surface area contributed by atoms with E-state index >= 15 is 0 Å². The van der Waals surface area contributed by atoms with Gasteiger partial charge in [-0.15, -0.1) is 11.8 Å². The van der Waals surface area contributed by atoms with Gasteiger partial charge in [-0.2, -0.15) is 26.3 Å². The molecule has 2 rings (SSSR count). The van der Waals surface area contributed by atoms with Crippen LogP contribution in [0.4, 0.5) is 26.3 Å². The lowest BCUT2D eigenvalue weighted by atomic mass is 9.80. The Morgan fingerprint density at radius 3 is 1.76 bits per heavy atom. The highest BCUT2D eigenvalue weighted by molar-refractivity contribution is 7.99. The predicted molar refractivity (Wildman–Crippen MR) is 116 cm³/mol. The second-order valence-corrected chi connectivity index (χ2v) is 9.24. The Balaban J connectivity index is 0.000000331. The number of benzene rings is 2. The molecule has 0 saturated carbocycles. The Kier molecular flexibility index (Phi) is 11.0. The summed E-state index contributed by atoms with van der Waals surface area (Å²) in [7, 11) is -5.69. The summed E-state index contributed by atoms with van der Waals surface area (Å²) in [5.41, 5.74) is 1.30. The maximum absolute atomic E-state index is 12.1. The fraction of sp³-hybridized carbons (Fsp3) is 0.333. The highest BCUT2D eigenvalue weighted by Crippen LogP contribution is 2.28. The van der Waals surface area contributed by atoms with Crippen molar-refractivity contribution in [3.63, 3.8) is 0 Å². The van der Waals surface area contributed by atoms with Gasteiger partial charge in [-0.1, -0.05) is 24.3 Å². The number of thioether (sulfide) groups is 1. The van der Waals surface area contributed by atoms with Crippen LogP contribution in [0.15, 0.2) is 46.2 Å². The molecule has 0 saturated heterocycles. The molecule has 2 aromatic carbocycles. The topological polar surface area (TPSA) is 98.0 Å². The van der Waals surface area contributed by atoms with Crippen molar-refractivity contribution in [2.75, 3.05) is 11.5 Å². The molecule has 0 heterocycles. The van der Waals surface area contributed by atoms with Crippen molar-refractivity contribution in [2.24, 2.45) is 0 Å². The van der Waals surface area contributed by atoms with Crippen LogP contribution in [0.1, 0.15) is 11.1 Å². The van der Waals surface area contributed by atoms with Gasteiger partial charge in [0.2, 0.25) is 0 Å². The van der Waals surface area contributed by atoms with Crippen molar-refractivity contribution in [1.82, 2.24) is 0 Å². The van der Waals surface area contributed by atoms with Crippen LogP contribution in [0.5, 0.6) is 0 Å². The number of halogens is 6. The molecule has 1 unspecified atom stereocenters. The maximum atomic E-state index is 12.1. The Morgan fingerprint density at radius 1 is 0.818 bits per heavy atom. The minimum Gasteiger partial charge on any atom is -0.423 e. The van der Waals surface area contributed by atoms with Gasteiger partial charge in [-0.3, -0.25) is 4.21 Å². The van der Waals surface area contributed by atoms with E-state index < -0.39 is 48.9 Å². The lowest BCUT2D eigenvalue weighted by molar-refractivity contribution is -0.106. The standard InChI is InChI=1S/C9H10BF3O3S.C9H10BF3O2S/c1-6-2-3-7(10(14)15)4-8(6)17(16)5-9(11,12)13;1-6-2-3-7(10(14)15)4-8(6)16-5-9(11,12)13/h2-4,14-15H,5H2,1H3;2-4,14-15H,5H2,1H3. The predicted octanol–water partition coefficient (Wildman–Crippen LogP) is 1.67. The average molecular weight is 516 g/mol. The van der Waals surface area contributed by atoms with Gasteiger partial charge in [0.25, 0.3) is 0 Å². The number of alkyl halides is 6. The average Bonchev–Trinajstić information content (AvgIpc) is 2.65. The molecule has 33 heavy (non-hydrogen) atoms. The molecule has 0 radical (unpaired) electrons. The van der Waals surface area contributed by atoms with E-state index in [0.717, 1.165) is 6.07 Å². The largest absolute Gasteiger partial charge is 0.488 e. The Morgan fingerprint density at radius 2 is 1.30 bits per heavy atom. The summed E-state index contributed by atoms with van der Waals surface area (Å²) in [6.45, 7) is 3.18. The molecule has 0 amide bonds. The molecular formula is C18H20B2F6O5S2. The second kappa shape index (κ2) is 12.3. The van der Waals surface area contributed by atoms with Gasteiger partial charge in [0.1, 0.15) is 5.75 Å². The van der Waals surface area contributed by atoms with Gasteiger partial charge >= 0.3 is 26.6 Å². The van der Waals surface area contributed by atoms with E-state index in [1.54, 1.807) is 13.0 Å². The Labute approximate surface area is 193 Å². The first-order valence-corrected chi connectivity index (χ1v) is 11.4. The summed E-state index contributed by atoms with van der Waals surface area (Å²) in [5, 5.41) is 35.6. The summed E-state index contributed by atoms with van der Waals surface area (Å²) in [5.74, 6) is -2.43. The van der Waals surface area contributed by atoms with E-state index in [4.69, 9.17) is 20.1 Å². The molecule has 1 atom stereocenters. The molecule has 0 aliphatic carbocycles. The first-order chi connectivity index (χ1) is 15.0. The van der Waals surface area contributed by atoms with Crippen LogP contribution in [0, 0.1) is 13.8 Å². The summed E-state index contributed by atoms with van der Waals surface area (Å²) in [6.07, 6.45) is -8.75. The van der Waals surface area contributed by atoms with E-state index in [0.29, 0.717) is 27.8 Å². The van der Waals surface area contributed by atoms with E-state index in [9.17, 15) is 30.6 Å². The van der Waals surface area contributed by atoms with Gasteiger partial charge in [-0.05, 0) is 48.0 Å². The van der Waals surface area contributed by atoms with Crippen LogP contribution < -0.4 is 10.9 Å². The first kappa shape index (κ1) is 29.5. The smallest absolute Gasteiger partial charge is 0.423 e. The molecule has 0 aromatic heterocycles. The summed E-state index contributed by atoms with van der Waals surface area (Å²) in [6, 6.07) is 8.26. The fourth-order valence-corrected chi connectivity index (χ4v) is 4.32. The van der Waals surface area contributed by atoms with E-state index in [-0.39, 0.29) is 15.8 Å². The zero-order chi connectivity index (χ0) is 25.6. The molecular weight excluding hydrogens is 496 g/mol. The van der Waals surface area contributed by atoms with Crippen molar-refractivity contribution >= 4 is 47.7 Å². The third-order valence-electron chi connectivity index (χ3n) is 3.95. The highest BCUT2D eigenvalue weighted by atomic mass is 32.2. The normalized spacial score (nSPS) is 12.6. The fourth-order valence-electron chi connectivity index (χ4n) is 2.34. The van der Waals surface area contributed by atoms with Crippen LogP contribution in [-0.2, 0) is 10.8 Å². The van der Waals surface area contributed by atoms with Crippen molar-refractivity contribution in [3.8, 4) is 0 Å². The van der Waals surface area contributed by atoms with Crippen LogP contribution in [0.25, 0.3) is 0 Å². The van der Waals surface area contributed by atoms with E-state index in [1.807, 2.05) is 0 Å². The molecule has 4 N–H and O–H groups in total. The van der Waals surface area contributed by atoms with Crippen LogP contribution >= 0.6 is 11.8 Å². The van der Waals surface area contributed by atoms with E-state index in [2.05, 4.69) is 0 Å². The number of aryl methyl sites for hydroxylation is 2. The zero-order valence-electron chi connectivity index (χ0n) is 17.3. The summed E-state index contributed by atoms with van der Waals surface area (Å²) < 4.78 is 83.8. The molecule has 15 heteroatoms. The molecule has 0 aliphatic heterocycles. The van der Waals surface area contributed by atoms with Crippen molar-refractivity contribution in [2.45, 2.75) is 36.0 Å². The Bertz CT molecular complexity index is 955. The number of hydrogen-bond donors (Lipinski definition) is 4. The number of rotatable bonds is 6. The zero-order valence-corrected chi connectivity index (χ0v) is 18.9. The minimum atomic E-state index is -4.52.